The number of aromatic nitrogens is 1. The molecule has 1 heterocycles. The van der Waals surface area contributed by atoms with Gasteiger partial charge in [-0.05, 0) is 37.1 Å². The highest BCUT2D eigenvalue weighted by Crippen LogP contribution is 2.28. The molecule has 1 N–H and O–H groups in total. The van der Waals surface area contributed by atoms with Crippen molar-refractivity contribution >= 4 is 5.88 Å². The normalized spacial score (nSPS) is 16.0. The van der Waals surface area contributed by atoms with Crippen molar-refractivity contribution in [2.45, 2.75) is 44.6 Å². The van der Waals surface area contributed by atoms with Crippen LogP contribution in [-0.4, -0.2) is 11.0 Å². The van der Waals surface area contributed by atoms with Gasteiger partial charge in [0.2, 0.25) is 17.5 Å². The molecular formula is C17H18FN3O. The first-order chi connectivity index (χ1) is 10.8. The highest BCUT2D eigenvalue weighted by Gasteiger charge is 2.19. The second kappa shape index (κ2) is 6.61. The molecule has 0 amide bonds. The third-order valence-corrected chi connectivity index (χ3v) is 4.01. The van der Waals surface area contributed by atoms with Crippen molar-refractivity contribution < 1.29 is 8.81 Å². The maximum absolute atomic E-state index is 13.0. The lowest BCUT2D eigenvalue weighted by Crippen LogP contribution is -2.18. The van der Waals surface area contributed by atoms with E-state index in [9.17, 15) is 9.65 Å². The van der Waals surface area contributed by atoms with E-state index in [0.29, 0.717) is 23.4 Å². The van der Waals surface area contributed by atoms with E-state index in [2.05, 4.69) is 16.4 Å². The molecule has 1 saturated carbocycles. The van der Waals surface area contributed by atoms with Crippen LogP contribution in [0.3, 0.4) is 0 Å². The van der Waals surface area contributed by atoms with Crippen molar-refractivity contribution in [1.82, 2.24) is 4.98 Å². The first-order valence-electron chi connectivity index (χ1n) is 7.69. The SMILES string of the molecule is N#Cc1nc(-c2ccc(F)cc2)oc1NC1CCCCCC1. The van der Waals surface area contributed by atoms with Crippen molar-refractivity contribution in [3.8, 4) is 17.5 Å². The topological polar surface area (TPSA) is 61.9 Å². The average molecular weight is 299 g/mol. The Morgan fingerprint density at radius 2 is 1.82 bits per heavy atom. The highest BCUT2D eigenvalue weighted by molar-refractivity contribution is 5.58. The molecule has 0 aliphatic heterocycles. The molecule has 1 aromatic heterocycles. The number of halogens is 1. The van der Waals surface area contributed by atoms with E-state index in [4.69, 9.17) is 4.42 Å². The number of oxazole rings is 1. The quantitative estimate of drug-likeness (QED) is 0.848. The monoisotopic (exact) mass is 299 g/mol. The maximum Gasteiger partial charge on any atom is 0.232 e. The number of hydrogen-bond acceptors (Lipinski definition) is 4. The predicted molar refractivity (Wildman–Crippen MR) is 81.7 cm³/mol. The van der Waals surface area contributed by atoms with E-state index in [-0.39, 0.29) is 11.5 Å². The first kappa shape index (κ1) is 14.6. The summed E-state index contributed by atoms with van der Waals surface area (Å²) < 4.78 is 18.7. The molecule has 0 spiro atoms. The van der Waals surface area contributed by atoms with Gasteiger partial charge in [-0.2, -0.15) is 10.2 Å². The van der Waals surface area contributed by atoms with E-state index >= 15 is 0 Å². The fourth-order valence-electron chi connectivity index (χ4n) is 2.82. The molecule has 1 fully saturated rings. The fourth-order valence-corrected chi connectivity index (χ4v) is 2.82. The Bertz CT molecular complexity index is 664. The zero-order valence-electron chi connectivity index (χ0n) is 12.3. The van der Waals surface area contributed by atoms with Crippen molar-refractivity contribution in [3.05, 3.63) is 35.8 Å². The fraction of sp³-hybridized carbons (Fsp3) is 0.412. The Morgan fingerprint density at radius 1 is 1.14 bits per heavy atom. The summed E-state index contributed by atoms with van der Waals surface area (Å²) in [7, 11) is 0. The smallest absolute Gasteiger partial charge is 0.232 e. The van der Waals surface area contributed by atoms with E-state index < -0.39 is 0 Å². The zero-order chi connectivity index (χ0) is 15.4. The molecule has 0 unspecified atom stereocenters. The van der Waals surface area contributed by atoms with Gasteiger partial charge in [0.25, 0.3) is 0 Å². The molecule has 4 nitrogen and oxygen atoms in total. The minimum atomic E-state index is -0.312. The lowest BCUT2D eigenvalue weighted by molar-refractivity contribution is 0.549. The van der Waals surface area contributed by atoms with Gasteiger partial charge in [-0.25, -0.2) is 4.39 Å². The largest absolute Gasteiger partial charge is 0.419 e. The summed E-state index contributed by atoms with van der Waals surface area (Å²) in [5, 5.41) is 12.6. The molecule has 1 aliphatic carbocycles. The molecule has 114 valence electrons. The Kier molecular flexibility index (Phi) is 4.38. The molecule has 5 heteroatoms. The van der Waals surface area contributed by atoms with Gasteiger partial charge in [0.15, 0.2) is 0 Å². The molecule has 0 radical (unpaired) electrons. The van der Waals surface area contributed by atoms with Gasteiger partial charge in [0.1, 0.15) is 11.9 Å². The minimum Gasteiger partial charge on any atom is -0.419 e. The van der Waals surface area contributed by atoms with Crippen LogP contribution in [0.4, 0.5) is 10.3 Å². The predicted octanol–water partition coefficient (Wildman–Crippen LogP) is 4.49. The first-order valence-corrected chi connectivity index (χ1v) is 7.69. The molecule has 1 aromatic carbocycles. The van der Waals surface area contributed by atoms with Crippen LogP contribution in [0.5, 0.6) is 0 Å². The van der Waals surface area contributed by atoms with Crippen molar-refractivity contribution in [1.29, 1.82) is 5.26 Å². The van der Waals surface area contributed by atoms with Gasteiger partial charge in [0, 0.05) is 11.6 Å². The van der Waals surface area contributed by atoms with Crippen molar-refractivity contribution in [2.24, 2.45) is 0 Å². The number of benzene rings is 1. The molecule has 22 heavy (non-hydrogen) atoms. The van der Waals surface area contributed by atoms with Crippen LogP contribution in [0.15, 0.2) is 28.7 Å². The van der Waals surface area contributed by atoms with Crippen molar-refractivity contribution in [3.63, 3.8) is 0 Å². The minimum absolute atomic E-state index is 0.253. The van der Waals surface area contributed by atoms with Gasteiger partial charge in [-0.15, -0.1) is 0 Å². The van der Waals surface area contributed by atoms with Gasteiger partial charge in [0.05, 0.1) is 0 Å². The van der Waals surface area contributed by atoms with E-state index in [1.165, 1.54) is 37.8 Å². The summed E-state index contributed by atoms with van der Waals surface area (Å²) in [6, 6.07) is 8.28. The van der Waals surface area contributed by atoms with E-state index in [0.717, 1.165) is 12.8 Å². The van der Waals surface area contributed by atoms with Crippen LogP contribution in [0, 0.1) is 17.1 Å². The van der Waals surface area contributed by atoms with Crippen LogP contribution in [-0.2, 0) is 0 Å². The number of anilines is 1. The maximum atomic E-state index is 13.0. The third-order valence-electron chi connectivity index (χ3n) is 4.01. The summed E-state index contributed by atoms with van der Waals surface area (Å²) in [6.45, 7) is 0. The number of rotatable bonds is 3. The third kappa shape index (κ3) is 3.28. The lowest BCUT2D eigenvalue weighted by atomic mass is 10.1. The van der Waals surface area contributed by atoms with Gasteiger partial charge >= 0.3 is 0 Å². The van der Waals surface area contributed by atoms with Crippen LogP contribution < -0.4 is 5.32 Å². The Balaban J connectivity index is 1.82. The number of nitrogens with zero attached hydrogens (tertiary/aromatic N) is 2. The summed E-state index contributed by atoms with van der Waals surface area (Å²) in [5.41, 5.74) is 0.912. The molecule has 1 aliphatic rings. The number of nitriles is 1. The Labute approximate surface area is 129 Å². The molecule has 3 rings (SSSR count). The number of nitrogens with one attached hydrogen (secondary N) is 1. The molecule has 0 atom stereocenters. The second-order valence-corrected chi connectivity index (χ2v) is 5.65. The molecule has 0 saturated heterocycles. The number of hydrogen-bond donors (Lipinski definition) is 1. The van der Waals surface area contributed by atoms with Crippen LogP contribution in [0.25, 0.3) is 11.5 Å². The lowest BCUT2D eigenvalue weighted by Gasteiger charge is -2.14. The Hall–Kier alpha value is -2.35. The van der Waals surface area contributed by atoms with Crippen LogP contribution in [0.1, 0.15) is 44.2 Å². The van der Waals surface area contributed by atoms with E-state index in [1.54, 1.807) is 12.1 Å². The summed E-state index contributed by atoms with van der Waals surface area (Å²) in [5.74, 6) is 0.453. The van der Waals surface area contributed by atoms with E-state index in [1.807, 2.05) is 0 Å². The summed E-state index contributed by atoms with van der Waals surface area (Å²) >= 11 is 0. The highest BCUT2D eigenvalue weighted by atomic mass is 19.1. The summed E-state index contributed by atoms with van der Waals surface area (Å²) in [6.07, 6.45) is 7.08. The molecular weight excluding hydrogens is 281 g/mol. The Morgan fingerprint density at radius 3 is 2.45 bits per heavy atom. The zero-order valence-corrected chi connectivity index (χ0v) is 12.3. The van der Waals surface area contributed by atoms with Crippen molar-refractivity contribution in [2.75, 3.05) is 5.32 Å². The average Bonchev–Trinajstić information content (AvgIpc) is 2.75. The molecule has 0 bridgehead atoms. The van der Waals surface area contributed by atoms with Crippen LogP contribution in [0.2, 0.25) is 0 Å². The summed E-state index contributed by atoms with van der Waals surface area (Å²) in [4.78, 5) is 4.20. The van der Waals surface area contributed by atoms with Gasteiger partial charge in [-0.1, -0.05) is 25.7 Å². The molecule has 2 aromatic rings. The van der Waals surface area contributed by atoms with Crippen LogP contribution >= 0.6 is 0 Å². The van der Waals surface area contributed by atoms with Gasteiger partial charge < -0.3 is 9.73 Å². The standard InChI is InChI=1S/C17H18FN3O/c18-13-9-7-12(8-10-13)16-21-15(11-19)17(22-16)20-14-5-3-1-2-4-6-14/h7-10,14,20H,1-6H2. The van der Waals surface area contributed by atoms with Gasteiger partial charge in [-0.3, -0.25) is 0 Å². The second-order valence-electron chi connectivity index (χ2n) is 5.65.